The van der Waals surface area contributed by atoms with Gasteiger partial charge in [0.15, 0.2) is 0 Å². The average molecular weight is 338 g/mol. The number of carbonyl (C=O) groups is 1. The third-order valence-corrected chi connectivity index (χ3v) is 4.85. The minimum absolute atomic E-state index is 0.0554. The first-order chi connectivity index (χ1) is 12.1. The van der Waals surface area contributed by atoms with Crippen LogP contribution >= 0.6 is 0 Å². The molecule has 1 fully saturated rings. The summed E-state index contributed by atoms with van der Waals surface area (Å²) in [5, 5.41) is 0. The van der Waals surface area contributed by atoms with Crippen molar-refractivity contribution in [3.8, 4) is 0 Å². The van der Waals surface area contributed by atoms with Gasteiger partial charge < -0.3 is 14.5 Å². The van der Waals surface area contributed by atoms with Crippen molar-refractivity contribution in [1.82, 2.24) is 4.90 Å². The van der Waals surface area contributed by atoms with Gasteiger partial charge in [-0.25, -0.2) is 0 Å². The predicted molar refractivity (Wildman–Crippen MR) is 101 cm³/mol. The molecule has 25 heavy (non-hydrogen) atoms. The predicted octanol–water partition coefficient (Wildman–Crippen LogP) is 3.41. The molecule has 132 valence electrons. The zero-order valence-corrected chi connectivity index (χ0v) is 15.3. The highest BCUT2D eigenvalue weighted by Gasteiger charge is 2.18. The first kappa shape index (κ1) is 17.5. The molecule has 2 aromatic rings. The highest BCUT2D eigenvalue weighted by atomic mass is 16.5. The van der Waals surface area contributed by atoms with E-state index < -0.39 is 0 Å². The molecule has 0 bridgehead atoms. The zero-order chi connectivity index (χ0) is 17.8. The molecular formula is C21H26N2O2. The van der Waals surface area contributed by atoms with E-state index in [0.717, 1.165) is 37.4 Å². The molecule has 1 saturated heterocycles. The summed E-state index contributed by atoms with van der Waals surface area (Å²) in [6.45, 7) is 8.00. The van der Waals surface area contributed by atoms with Gasteiger partial charge in [-0.15, -0.1) is 0 Å². The topological polar surface area (TPSA) is 32.8 Å². The highest BCUT2D eigenvalue weighted by molar-refractivity contribution is 5.94. The molecule has 0 radical (unpaired) electrons. The van der Waals surface area contributed by atoms with Crippen LogP contribution < -0.4 is 4.90 Å². The summed E-state index contributed by atoms with van der Waals surface area (Å²) >= 11 is 0. The van der Waals surface area contributed by atoms with Crippen LogP contribution in [0.3, 0.4) is 0 Å². The zero-order valence-electron chi connectivity index (χ0n) is 15.3. The average Bonchev–Trinajstić information content (AvgIpc) is 2.64. The third kappa shape index (κ3) is 4.02. The molecular weight excluding hydrogens is 312 g/mol. The molecule has 0 aromatic heterocycles. The Morgan fingerprint density at radius 2 is 1.80 bits per heavy atom. The maximum atomic E-state index is 12.8. The number of carbonyl (C=O) groups excluding carboxylic acids is 1. The third-order valence-electron chi connectivity index (χ3n) is 4.85. The fourth-order valence-electron chi connectivity index (χ4n) is 3.18. The van der Waals surface area contributed by atoms with E-state index in [1.165, 1.54) is 16.8 Å². The molecule has 2 aromatic carbocycles. The van der Waals surface area contributed by atoms with E-state index in [1.54, 1.807) is 4.90 Å². The lowest BCUT2D eigenvalue weighted by atomic mass is 10.1. The second-order valence-corrected chi connectivity index (χ2v) is 6.69. The molecule has 0 aliphatic carbocycles. The van der Waals surface area contributed by atoms with Gasteiger partial charge in [0.05, 0.1) is 13.2 Å². The molecule has 0 saturated carbocycles. The Balaban J connectivity index is 1.77. The van der Waals surface area contributed by atoms with Crippen molar-refractivity contribution in [2.75, 3.05) is 38.3 Å². The van der Waals surface area contributed by atoms with Crippen molar-refractivity contribution < 1.29 is 9.53 Å². The van der Waals surface area contributed by atoms with Gasteiger partial charge in [-0.05, 0) is 48.7 Å². The van der Waals surface area contributed by atoms with Gasteiger partial charge in [-0.2, -0.15) is 0 Å². The summed E-state index contributed by atoms with van der Waals surface area (Å²) in [5.41, 5.74) is 5.47. The van der Waals surface area contributed by atoms with Crippen LogP contribution in [0, 0.1) is 13.8 Å². The number of nitrogens with zero attached hydrogens (tertiary/aromatic N) is 2. The number of rotatable bonds is 4. The lowest BCUT2D eigenvalue weighted by Crippen LogP contribution is -2.37. The van der Waals surface area contributed by atoms with E-state index in [-0.39, 0.29) is 5.91 Å². The van der Waals surface area contributed by atoms with Crippen LogP contribution in [-0.2, 0) is 11.3 Å². The summed E-state index contributed by atoms with van der Waals surface area (Å²) < 4.78 is 5.45. The fraction of sp³-hybridized carbons (Fsp3) is 0.381. The second-order valence-electron chi connectivity index (χ2n) is 6.69. The number of aryl methyl sites for hydroxylation is 2. The lowest BCUT2D eigenvalue weighted by molar-refractivity contribution is 0.0784. The number of ether oxygens (including phenoxy) is 1. The number of amides is 1. The van der Waals surface area contributed by atoms with Crippen LogP contribution in [0.25, 0.3) is 0 Å². The Kier molecular flexibility index (Phi) is 5.39. The Bertz CT molecular complexity index is 751. The summed E-state index contributed by atoms with van der Waals surface area (Å²) in [6.07, 6.45) is 0. The molecule has 1 amide bonds. The molecule has 0 N–H and O–H groups in total. The van der Waals surface area contributed by atoms with Crippen molar-refractivity contribution in [3.63, 3.8) is 0 Å². The van der Waals surface area contributed by atoms with Crippen molar-refractivity contribution in [1.29, 1.82) is 0 Å². The van der Waals surface area contributed by atoms with E-state index >= 15 is 0 Å². The van der Waals surface area contributed by atoms with Crippen molar-refractivity contribution in [2.45, 2.75) is 20.4 Å². The maximum absolute atomic E-state index is 12.8. The van der Waals surface area contributed by atoms with Gasteiger partial charge in [0, 0.05) is 37.9 Å². The molecule has 1 heterocycles. The van der Waals surface area contributed by atoms with E-state index in [4.69, 9.17) is 4.74 Å². The summed E-state index contributed by atoms with van der Waals surface area (Å²) in [4.78, 5) is 16.9. The normalized spacial score (nSPS) is 14.4. The van der Waals surface area contributed by atoms with Crippen molar-refractivity contribution in [2.24, 2.45) is 0 Å². The Morgan fingerprint density at radius 3 is 2.52 bits per heavy atom. The first-order valence-electron chi connectivity index (χ1n) is 8.79. The van der Waals surface area contributed by atoms with Crippen LogP contribution in [0.1, 0.15) is 27.0 Å². The largest absolute Gasteiger partial charge is 0.378 e. The number of anilines is 1. The smallest absolute Gasteiger partial charge is 0.253 e. The molecule has 0 unspecified atom stereocenters. The standard InChI is InChI=1S/C21H26N2O2/c1-16-8-9-18(14-17(16)2)21(24)22(3)15-19-6-4-5-7-20(19)23-10-12-25-13-11-23/h4-9,14H,10-13,15H2,1-3H3. The van der Waals surface area contributed by atoms with E-state index in [1.807, 2.05) is 38.2 Å². The summed E-state index contributed by atoms with van der Waals surface area (Å²) in [5.74, 6) is 0.0554. The van der Waals surface area contributed by atoms with Crippen LogP contribution in [0.4, 0.5) is 5.69 Å². The number of hydrogen-bond acceptors (Lipinski definition) is 3. The Labute approximate surface area is 150 Å². The van der Waals surface area contributed by atoms with Gasteiger partial charge in [0.1, 0.15) is 0 Å². The quantitative estimate of drug-likeness (QED) is 0.856. The van der Waals surface area contributed by atoms with E-state index in [2.05, 4.69) is 30.0 Å². The molecule has 0 atom stereocenters. The fourth-order valence-corrected chi connectivity index (χ4v) is 3.18. The number of para-hydroxylation sites is 1. The van der Waals surface area contributed by atoms with Crippen molar-refractivity contribution in [3.05, 3.63) is 64.7 Å². The SMILES string of the molecule is Cc1ccc(C(=O)N(C)Cc2ccccc2N2CCOCC2)cc1C. The van der Waals surface area contributed by atoms with Gasteiger partial charge in [-0.1, -0.05) is 24.3 Å². The summed E-state index contributed by atoms with van der Waals surface area (Å²) in [7, 11) is 1.87. The minimum atomic E-state index is 0.0554. The van der Waals surface area contributed by atoms with Gasteiger partial charge in [0.25, 0.3) is 5.91 Å². The minimum Gasteiger partial charge on any atom is -0.378 e. The van der Waals surface area contributed by atoms with Crippen molar-refractivity contribution >= 4 is 11.6 Å². The Hall–Kier alpha value is -2.33. The van der Waals surface area contributed by atoms with E-state index in [9.17, 15) is 4.79 Å². The lowest BCUT2D eigenvalue weighted by Gasteiger charge is -2.31. The number of benzene rings is 2. The number of morpholine rings is 1. The van der Waals surface area contributed by atoms with Crippen LogP contribution in [0.5, 0.6) is 0 Å². The molecule has 4 heteroatoms. The maximum Gasteiger partial charge on any atom is 0.253 e. The molecule has 1 aliphatic heterocycles. The van der Waals surface area contributed by atoms with Gasteiger partial charge >= 0.3 is 0 Å². The van der Waals surface area contributed by atoms with E-state index in [0.29, 0.717) is 6.54 Å². The Morgan fingerprint density at radius 1 is 1.08 bits per heavy atom. The second kappa shape index (κ2) is 7.70. The number of hydrogen-bond donors (Lipinski definition) is 0. The monoisotopic (exact) mass is 338 g/mol. The first-order valence-corrected chi connectivity index (χ1v) is 8.79. The molecule has 4 nitrogen and oxygen atoms in total. The van der Waals surface area contributed by atoms with Gasteiger partial charge in [0.2, 0.25) is 0 Å². The van der Waals surface area contributed by atoms with Crippen LogP contribution in [0.15, 0.2) is 42.5 Å². The molecule has 3 rings (SSSR count). The van der Waals surface area contributed by atoms with Crippen LogP contribution in [0.2, 0.25) is 0 Å². The van der Waals surface area contributed by atoms with Crippen LogP contribution in [-0.4, -0.2) is 44.2 Å². The summed E-state index contributed by atoms with van der Waals surface area (Å²) in [6, 6.07) is 14.2. The highest BCUT2D eigenvalue weighted by Crippen LogP contribution is 2.23. The van der Waals surface area contributed by atoms with Gasteiger partial charge in [-0.3, -0.25) is 4.79 Å². The molecule has 0 spiro atoms. The molecule has 1 aliphatic rings.